The van der Waals surface area contributed by atoms with E-state index >= 15 is 0 Å². The van der Waals surface area contributed by atoms with Crippen LogP contribution >= 0.6 is 0 Å². The highest BCUT2D eigenvalue weighted by Crippen LogP contribution is 2.25. The van der Waals surface area contributed by atoms with Gasteiger partial charge < -0.3 is 10.6 Å². The smallest absolute Gasteiger partial charge is 0.238 e. The number of nitrogens with zero attached hydrogens (tertiary/aromatic N) is 4. The van der Waals surface area contributed by atoms with E-state index in [1.807, 2.05) is 25.1 Å². The second kappa shape index (κ2) is 8.30. The molecule has 2 aromatic carbocycles. The van der Waals surface area contributed by atoms with E-state index in [0.717, 1.165) is 22.2 Å². The number of nitrogens with one attached hydrogen (secondary N) is 2. The fraction of sp³-hybridized carbons (Fsp3) is 0.136. The van der Waals surface area contributed by atoms with E-state index in [0.29, 0.717) is 29.6 Å². The fourth-order valence-corrected chi connectivity index (χ4v) is 4.06. The maximum Gasteiger partial charge on any atom is 0.238 e. The molecule has 0 bridgehead atoms. The minimum absolute atomic E-state index is 0.0478. The van der Waals surface area contributed by atoms with Crippen molar-refractivity contribution in [2.24, 2.45) is 5.14 Å². The molecule has 0 aliphatic carbocycles. The molecule has 2 aromatic heterocycles. The molecule has 0 spiro atoms. The largest absolute Gasteiger partial charge is 0.340 e. The number of rotatable bonds is 6. The maximum absolute atomic E-state index is 11.8. The first kappa shape index (κ1) is 21.3. The van der Waals surface area contributed by atoms with Crippen molar-refractivity contribution in [3.63, 3.8) is 0 Å². The third-order valence-electron chi connectivity index (χ3n) is 4.87. The quantitative estimate of drug-likeness (QED) is 0.387. The number of anilines is 4. The predicted octanol–water partition coefficient (Wildman–Crippen LogP) is 3.21. The van der Waals surface area contributed by atoms with E-state index in [4.69, 9.17) is 11.6 Å². The second-order valence-corrected chi connectivity index (χ2v) is 8.81. The summed E-state index contributed by atoms with van der Waals surface area (Å²) >= 11 is 0. The van der Waals surface area contributed by atoms with Gasteiger partial charge in [-0.15, -0.1) is 6.42 Å². The summed E-state index contributed by atoms with van der Waals surface area (Å²) in [6, 6.07) is 10.7. The Kier molecular flexibility index (Phi) is 5.52. The van der Waals surface area contributed by atoms with Gasteiger partial charge in [0.25, 0.3) is 0 Å². The van der Waals surface area contributed by atoms with E-state index < -0.39 is 10.0 Å². The summed E-state index contributed by atoms with van der Waals surface area (Å²) in [7, 11) is -3.83. The molecule has 0 amide bonds. The van der Waals surface area contributed by atoms with E-state index in [9.17, 15) is 8.42 Å². The molecule has 0 saturated carbocycles. The summed E-state index contributed by atoms with van der Waals surface area (Å²) in [6.45, 7) is 3.98. The molecule has 162 valence electrons. The Morgan fingerprint density at radius 2 is 1.81 bits per heavy atom. The number of terminal acetylenes is 1. The zero-order valence-electron chi connectivity index (χ0n) is 17.5. The maximum atomic E-state index is 11.8. The molecule has 0 aliphatic heterocycles. The van der Waals surface area contributed by atoms with Crippen LogP contribution in [0.5, 0.6) is 0 Å². The number of fused-ring (bicyclic) bond motifs is 1. The Labute approximate surface area is 185 Å². The SMILES string of the molecule is C#CCn1ncc2cc(Nc3nc(Nc4ccc(C)c(S(N)(=O)=O)c4)ncc3C)ccc21. The first-order valence-corrected chi connectivity index (χ1v) is 11.2. The minimum Gasteiger partial charge on any atom is -0.340 e. The molecule has 4 N–H and O–H groups in total. The van der Waals surface area contributed by atoms with Gasteiger partial charge in [0.15, 0.2) is 0 Å². The highest BCUT2D eigenvalue weighted by Gasteiger charge is 2.13. The van der Waals surface area contributed by atoms with Gasteiger partial charge in [0.2, 0.25) is 16.0 Å². The number of hydrogen-bond donors (Lipinski definition) is 3. The lowest BCUT2D eigenvalue weighted by Crippen LogP contribution is -2.14. The zero-order chi connectivity index (χ0) is 22.9. The van der Waals surface area contributed by atoms with Crippen LogP contribution in [-0.2, 0) is 16.6 Å². The Morgan fingerprint density at radius 3 is 2.56 bits per heavy atom. The first-order chi connectivity index (χ1) is 15.2. The average molecular weight is 448 g/mol. The van der Waals surface area contributed by atoms with Crippen molar-refractivity contribution < 1.29 is 8.42 Å². The van der Waals surface area contributed by atoms with Gasteiger partial charge in [-0.3, -0.25) is 4.68 Å². The van der Waals surface area contributed by atoms with Crippen LogP contribution in [0.15, 0.2) is 53.7 Å². The summed E-state index contributed by atoms with van der Waals surface area (Å²) < 4.78 is 25.3. The predicted molar refractivity (Wildman–Crippen MR) is 124 cm³/mol. The van der Waals surface area contributed by atoms with E-state index in [2.05, 4.69) is 31.6 Å². The highest BCUT2D eigenvalue weighted by atomic mass is 32.2. The van der Waals surface area contributed by atoms with Crippen LogP contribution in [0.2, 0.25) is 0 Å². The van der Waals surface area contributed by atoms with Crippen LogP contribution in [0, 0.1) is 26.2 Å². The van der Waals surface area contributed by atoms with Crippen LogP contribution in [0.1, 0.15) is 11.1 Å². The molecule has 0 fully saturated rings. The molecule has 9 nitrogen and oxygen atoms in total. The summed E-state index contributed by atoms with van der Waals surface area (Å²) in [5.74, 6) is 3.50. The van der Waals surface area contributed by atoms with Crippen molar-refractivity contribution in [1.29, 1.82) is 0 Å². The molecule has 32 heavy (non-hydrogen) atoms. The third kappa shape index (κ3) is 4.39. The number of nitrogens with two attached hydrogens (primary N) is 1. The van der Waals surface area contributed by atoms with Crippen molar-refractivity contribution in [3.8, 4) is 12.3 Å². The lowest BCUT2D eigenvalue weighted by Gasteiger charge is -2.12. The number of primary sulfonamides is 1. The van der Waals surface area contributed by atoms with Gasteiger partial charge in [-0.25, -0.2) is 18.5 Å². The van der Waals surface area contributed by atoms with E-state index in [1.54, 1.807) is 36.1 Å². The number of sulfonamides is 1. The molecule has 4 aromatic rings. The van der Waals surface area contributed by atoms with Gasteiger partial charge in [0.05, 0.1) is 16.6 Å². The van der Waals surface area contributed by atoms with E-state index in [-0.39, 0.29) is 4.90 Å². The van der Waals surface area contributed by atoms with Gasteiger partial charge in [-0.1, -0.05) is 12.0 Å². The molecule has 0 saturated heterocycles. The van der Waals surface area contributed by atoms with Gasteiger partial charge in [0.1, 0.15) is 12.4 Å². The lowest BCUT2D eigenvalue weighted by atomic mass is 10.2. The van der Waals surface area contributed by atoms with Crippen molar-refractivity contribution >= 4 is 44.1 Å². The molecule has 0 atom stereocenters. The molecule has 10 heteroatoms. The van der Waals surface area contributed by atoms with Crippen molar-refractivity contribution in [2.45, 2.75) is 25.3 Å². The molecular weight excluding hydrogens is 426 g/mol. The molecule has 0 radical (unpaired) electrons. The summed E-state index contributed by atoms with van der Waals surface area (Å²) in [6.07, 6.45) is 8.82. The summed E-state index contributed by atoms with van der Waals surface area (Å²) in [4.78, 5) is 8.87. The second-order valence-electron chi connectivity index (χ2n) is 7.28. The molecule has 2 heterocycles. The van der Waals surface area contributed by atoms with Crippen LogP contribution < -0.4 is 15.8 Å². The zero-order valence-corrected chi connectivity index (χ0v) is 18.3. The number of benzene rings is 2. The Hall–Kier alpha value is -3.94. The summed E-state index contributed by atoms with van der Waals surface area (Å²) in [5, 5.41) is 16.9. The number of aryl methyl sites for hydroxylation is 2. The minimum atomic E-state index is -3.83. The van der Waals surface area contributed by atoms with Gasteiger partial charge in [-0.2, -0.15) is 10.1 Å². The first-order valence-electron chi connectivity index (χ1n) is 9.65. The standard InChI is InChI=1S/C22H21N7O2S/c1-4-9-29-19-8-7-17(10-16(19)13-25-29)26-21-15(3)12-24-22(28-21)27-18-6-5-14(2)20(11-18)32(23,30)31/h1,5-8,10-13H,9H2,2-3H3,(H2,23,30,31)(H2,24,26,27,28). The number of hydrogen-bond acceptors (Lipinski definition) is 7. The Bertz CT molecular complexity index is 1470. The lowest BCUT2D eigenvalue weighted by molar-refractivity contribution is 0.597. The molecule has 0 unspecified atom stereocenters. The van der Waals surface area contributed by atoms with Crippen LogP contribution in [0.3, 0.4) is 0 Å². The van der Waals surface area contributed by atoms with Crippen molar-refractivity contribution in [2.75, 3.05) is 10.6 Å². The van der Waals surface area contributed by atoms with Gasteiger partial charge in [-0.05, 0) is 49.7 Å². The van der Waals surface area contributed by atoms with Crippen LogP contribution in [-0.4, -0.2) is 28.2 Å². The molecule has 4 rings (SSSR count). The number of aromatic nitrogens is 4. The van der Waals surface area contributed by atoms with Gasteiger partial charge >= 0.3 is 0 Å². The van der Waals surface area contributed by atoms with Gasteiger partial charge in [0, 0.05) is 28.5 Å². The Balaban J connectivity index is 1.60. The van der Waals surface area contributed by atoms with Crippen molar-refractivity contribution in [3.05, 3.63) is 59.9 Å². The average Bonchev–Trinajstić information content (AvgIpc) is 3.13. The molecular formula is C22H21N7O2S. The molecule has 0 aliphatic rings. The monoisotopic (exact) mass is 447 g/mol. The normalized spacial score (nSPS) is 11.3. The van der Waals surface area contributed by atoms with Crippen LogP contribution in [0.25, 0.3) is 10.9 Å². The highest BCUT2D eigenvalue weighted by molar-refractivity contribution is 7.89. The topological polar surface area (TPSA) is 128 Å². The fourth-order valence-electron chi connectivity index (χ4n) is 3.26. The van der Waals surface area contributed by atoms with E-state index in [1.165, 1.54) is 6.07 Å². The summed E-state index contributed by atoms with van der Waals surface area (Å²) in [5.41, 5.74) is 3.69. The van der Waals surface area contributed by atoms with Crippen molar-refractivity contribution in [1.82, 2.24) is 19.7 Å². The Morgan fingerprint density at radius 1 is 1.06 bits per heavy atom. The third-order valence-corrected chi connectivity index (χ3v) is 5.92. The van der Waals surface area contributed by atoms with Crippen LogP contribution in [0.4, 0.5) is 23.1 Å².